The molecule has 2 N–H and O–H groups in total. The van der Waals surface area contributed by atoms with Gasteiger partial charge in [-0.2, -0.15) is 0 Å². The Morgan fingerprint density at radius 1 is 1.20 bits per heavy atom. The summed E-state index contributed by atoms with van der Waals surface area (Å²) in [5.74, 6) is -0.335. The molecule has 0 aliphatic carbocycles. The number of hydrogen-bond acceptors (Lipinski definition) is 2. The Kier molecular flexibility index (Phi) is 6.83. The molecule has 1 aromatic carbocycles. The maximum Gasteiger partial charge on any atom is 0.245 e. The van der Waals surface area contributed by atoms with Gasteiger partial charge in [-0.05, 0) is 25.5 Å². The van der Waals surface area contributed by atoms with Crippen LogP contribution in [0.25, 0.3) is 6.08 Å². The number of hydrogen-bond donors (Lipinski definition) is 2. The maximum absolute atomic E-state index is 11.8. The molecule has 0 aliphatic heterocycles. The highest BCUT2D eigenvalue weighted by molar-refractivity contribution is 6.68. The molecule has 0 bridgehead atoms. The SMILES string of the molecule is CC(C)NC(NC(=O)C=Cc1ccccc1)C(Cl)(Cl)Cl. The molecule has 1 amide bonds. The molecular formula is C14H17Cl3N2O. The van der Waals surface area contributed by atoms with Crippen molar-refractivity contribution in [2.24, 2.45) is 0 Å². The van der Waals surface area contributed by atoms with Crippen molar-refractivity contribution in [2.45, 2.75) is 29.8 Å². The molecule has 110 valence electrons. The monoisotopic (exact) mass is 334 g/mol. The number of nitrogens with one attached hydrogen (secondary N) is 2. The van der Waals surface area contributed by atoms with Gasteiger partial charge >= 0.3 is 0 Å². The zero-order valence-electron chi connectivity index (χ0n) is 11.2. The third kappa shape index (κ3) is 6.62. The summed E-state index contributed by atoms with van der Waals surface area (Å²) in [6.07, 6.45) is 2.33. The van der Waals surface area contributed by atoms with Gasteiger partial charge in [-0.15, -0.1) is 0 Å². The van der Waals surface area contributed by atoms with E-state index < -0.39 is 9.96 Å². The number of amides is 1. The van der Waals surface area contributed by atoms with Gasteiger partial charge < -0.3 is 5.32 Å². The Morgan fingerprint density at radius 3 is 2.30 bits per heavy atom. The first-order valence-electron chi connectivity index (χ1n) is 6.15. The first-order chi connectivity index (χ1) is 9.29. The molecule has 1 unspecified atom stereocenters. The highest BCUT2D eigenvalue weighted by Crippen LogP contribution is 2.29. The van der Waals surface area contributed by atoms with Gasteiger partial charge in [0.05, 0.1) is 0 Å². The average molecular weight is 336 g/mol. The Hall–Kier alpha value is -0.740. The van der Waals surface area contributed by atoms with Crippen molar-refractivity contribution < 1.29 is 4.79 Å². The van der Waals surface area contributed by atoms with E-state index in [0.717, 1.165) is 5.56 Å². The minimum absolute atomic E-state index is 0.0639. The summed E-state index contributed by atoms with van der Waals surface area (Å²) in [5.41, 5.74) is 0.921. The highest BCUT2D eigenvalue weighted by atomic mass is 35.6. The lowest BCUT2D eigenvalue weighted by atomic mass is 10.2. The molecule has 6 heteroatoms. The van der Waals surface area contributed by atoms with Crippen LogP contribution in [-0.2, 0) is 4.79 Å². The Labute approximate surface area is 134 Å². The van der Waals surface area contributed by atoms with Crippen molar-refractivity contribution in [3.8, 4) is 0 Å². The molecule has 0 aliphatic rings. The average Bonchev–Trinajstić information content (AvgIpc) is 2.35. The number of halogens is 3. The largest absolute Gasteiger partial charge is 0.333 e. The van der Waals surface area contributed by atoms with Crippen molar-refractivity contribution in [3.63, 3.8) is 0 Å². The van der Waals surface area contributed by atoms with Crippen molar-refractivity contribution >= 4 is 46.8 Å². The van der Waals surface area contributed by atoms with E-state index in [1.54, 1.807) is 6.08 Å². The molecule has 1 atom stereocenters. The molecule has 1 aromatic rings. The van der Waals surface area contributed by atoms with Crippen LogP contribution in [0.2, 0.25) is 0 Å². The minimum Gasteiger partial charge on any atom is -0.333 e. The van der Waals surface area contributed by atoms with Crippen molar-refractivity contribution in [1.29, 1.82) is 0 Å². The Balaban J connectivity index is 2.65. The molecule has 0 aromatic heterocycles. The van der Waals surface area contributed by atoms with Gasteiger partial charge in [-0.3, -0.25) is 10.1 Å². The van der Waals surface area contributed by atoms with Crippen LogP contribution < -0.4 is 10.6 Å². The van der Waals surface area contributed by atoms with Gasteiger partial charge in [0.15, 0.2) is 0 Å². The van der Waals surface area contributed by atoms with Gasteiger partial charge in [0, 0.05) is 12.1 Å². The van der Waals surface area contributed by atoms with E-state index in [9.17, 15) is 4.79 Å². The van der Waals surface area contributed by atoms with Crippen LogP contribution in [0.1, 0.15) is 19.4 Å². The van der Waals surface area contributed by atoms with Crippen LogP contribution >= 0.6 is 34.8 Å². The fourth-order valence-corrected chi connectivity index (χ4v) is 1.83. The van der Waals surface area contributed by atoms with Crippen molar-refractivity contribution in [2.75, 3.05) is 0 Å². The van der Waals surface area contributed by atoms with E-state index in [0.29, 0.717) is 0 Å². The van der Waals surface area contributed by atoms with Crippen LogP contribution in [0.15, 0.2) is 36.4 Å². The van der Waals surface area contributed by atoms with Gasteiger partial charge in [0.1, 0.15) is 6.17 Å². The predicted octanol–water partition coefficient (Wildman–Crippen LogP) is 3.51. The Morgan fingerprint density at radius 2 is 1.80 bits per heavy atom. The first kappa shape index (κ1) is 17.3. The van der Waals surface area contributed by atoms with E-state index >= 15 is 0 Å². The van der Waals surface area contributed by atoms with Crippen molar-refractivity contribution in [3.05, 3.63) is 42.0 Å². The van der Waals surface area contributed by atoms with Crippen molar-refractivity contribution in [1.82, 2.24) is 10.6 Å². The highest BCUT2D eigenvalue weighted by Gasteiger charge is 2.33. The van der Waals surface area contributed by atoms with E-state index in [-0.39, 0.29) is 11.9 Å². The van der Waals surface area contributed by atoms with Gasteiger partial charge in [-0.25, -0.2) is 0 Å². The summed E-state index contributed by atoms with van der Waals surface area (Å²) in [4.78, 5) is 11.8. The first-order valence-corrected chi connectivity index (χ1v) is 7.29. The van der Waals surface area contributed by atoms with Crippen LogP contribution in [0.5, 0.6) is 0 Å². The zero-order valence-corrected chi connectivity index (χ0v) is 13.5. The summed E-state index contributed by atoms with van der Waals surface area (Å²) < 4.78 is -1.62. The van der Waals surface area contributed by atoms with E-state index in [2.05, 4.69) is 10.6 Å². The Bertz CT molecular complexity index is 455. The molecule has 3 nitrogen and oxygen atoms in total. The number of rotatable bonds is 5. The fourth-order valence-electron chi connectivity index (χ4n) is 1.48. The smallest absolute Gasteiger partial charge is 0.245 e. The predicted molar refractivity (Wildman–Crippen MR) is 86.0 cm³/mol. The maximum atomic E-state index is 11.8. The van der Waals surface area contributed by atoms with E-state index in [4.69, 9.17) is 34.8 Å². The molecule has 0 radical (unpaired) electrons. The topological polar surface area (TPSA) is 41.1 Å². The summed E-state index contributed by atoms with van der Waals surface area (Å²) in [6.45, 7) is 3.80. The van der Waals surface area contributed by atoms with Crippen LogP contribution in [0.4, 0.5) is 0 Å². The van der Waals surface area contributed by atoms with Gasteiger partial charge in [0.2, 0.25) is 9.70 Å². The lowest BCUT2D eigenvalue weighted by Crippen LogP contribution is -2.55. The van der Waals surface area contributed by atoms with Crippen LogP contribution in [-0.4, -0.2) is 21.9 Å². The van der Waals surface area contributed by atoms with E-state index in [1.807, 2.05) is 44.2 Å². The third-order valence-electron chi connectivity index (χ3n) is 2.34. The molecule has 20 heavy (non-hydrogen) atoms. The molecule has 0 spiro atoms. The standard InChI is InChI=1S/C14H17Cl3N2O/c1-10(2)18-13(14(15,16)17)19-12(20)9-8-11-6-4-3-5-7-11/h3-10,13,18H,1-2H3,(H,19,20). The zero-order chi connectivity index (χ0) is 15.2. The summed E-state index contributed by atoms with van der Waals surface area (Å²) in [7, 11) is 0. The quantitative estimate of drug-likeness (QED) is 0.491. The molecule has 0 fully saturated rings. The second-order valence-corrected chi connectivity index (χ2v) is 6.92. The minimum atomic E-state index is -1.62. The summed E-state index contributed by atoms with van der Waals surface area (Å²) in [5, 5.41) is 5.61. The second-order valence-electron chi connectivity index (χ2n) is 4.55. The lowest BCUT2D eigenvalue weighted by molar-refractivity contribution is -0.117. The van der Waals surface area contributed by atoms with Crippen LogP contribution in [0, 0.1) is 0 Å². The van der Waals surface area contributed by atoms with Gasteiger partial charge in [-0.1, -0.05) is 65.1 Å². The third-order valence-corrected chi connectivity index (χ3v) is 3.00. The normalized spacial score (nSPS) is 13.7. The van der Waals surface area contributed by atoms with Crippen LogP contribution in [0.3, 0.4) is 0 Å². The molecule has 1 rings (SSSR count). The number of benzene rings is 1. The molecule has 0 heterocycles. The number of alkyl halides is 3. The fraction of sp³-hybridized carbons (Fsp3) is 0.357. The summed E-state index contributed by atoms with van der Waals surface area (Å²) in [6, 6.07) is 9.53. The second kappa shape index (κ2) is 7.89. The molecule has 0 saturated carbocycles. The number of carbonyl (C=O) groups is 1. The molecular weight excluding hydrogens is 319 g/mol. The lowest BCUT2D eigenvalue weighted by Gasteiger charge is -2.27. The van der Waals surface area contributed by atoms with E-state index in [1.165, 1.54) is 6.08 Å². The summed E-state index contributed by atoms with van der Waals surface area (Å²) >= 11 is 17.5. The van der Waals surface area contributed by atoms with Gasteiger partial charge in [0.25, 0.3) is 0 Å². The number of carbonyl (C=O) groups excluding carboxylic acids is 1. The molecule has 0 saturated heterocycles.